The molecule has 0 spiro atoms. The molecule has 0 saturated carbocycles. The zero-order valence-electron chi connectivity index (χ0n) is 16.6. The molecule has 0 atom stereocenters. The molecule has 0 fully saturated rings. The molecule has 9 heteroatoms. The van der Waals surface area contributed by atoms with Crippen LogP contribution in [0.25, 0.3) is 11.4 Å². The molecule has 6 nitrogen and oxygen atoms in total. The molecule has 0 aliphatic carbocycles. The summed E-state index contributed by atoms with van der Waals surface area (Å²) in [5.74, 6) is -0.0156. The van der Waals surface area contributed by atoms with Crippen molar-refractivity contribution in [3.63, 3.8) is 0 Å². The van der Waals surface area contributed by atoms with Crippen molar-refractivity contribution >= 4 is 29.3 Å². The van der Waals surface area contributed by atoms with E-state index in [1.54, 1.807) is 19.2 Å². The maximum atomic E-state index is 13.6. The molecule has 0 saturated heterocycles. The number of esters is 1. The van der Waals surface area contributed by atoms with E-state index in [1.165, 1.54) is 31.0 Å². The Morgan fingerprint density at radius 2 is 2.00 bits per heavy atom. The van der Waals surface area contributed by atoms with Crippen LogP contribution < -0.4 is 0 Å². The summed E-state index contributed by atoms with van der Waals surface area (Å²) < 4.78 is 25.5. The monoisotopic (exact) mass is 449 g/mol. The molecule has 0 amide bonds. The van der Waals surface area contributed by atoms with Gasteiger partial charge in [0, 0.05) is 31.6 Å². The largest absolute Gasteiger partial charge is 0.465 e. The van der Waals surface area contributed by atoms with Crippen LogP contribution in [0.1, 0.15) is 22.3 Å². The first-order valence-corrected chi connectivity index (χ1v) is 10.6. The van der Waals surface area contributed by atoms with Gasteiger partial charge in [-0.2, -0.15) is 0 Å². The molecule has 0 aliphatic heterocycles. The van der Waals surface area contributed by atoms with Crippen molar-refractivity contribution in [1.82, 2.24) is 14.8 Å². The van der Waals surface area contributed by atoms with E-state index in [0.29, 0.717) is 40.5 Å². The van der Waals surface area contributed by atoms with Crippen LogP contribution in [-0.2, 0) is 21.8 Å². The number of hydrogen-bond donors (Lipinski definition) is 0. The van der Waals surface area contributed by atoms with Crippen molar-refractivity contribution in [3.8, 4) is 11.4 Å². The zero-order chi connectivity index (χ0) is 21.5. The van der Waals surface area contributed by atoms with Crippen LogP contribution >= 0.6 is 23.4 Å². The molecule has 0 bridgehead atoms. The minimum Gasteiger partial charge on any atom is -0.465 e. The number of thioether (sulfide) groups is 1. The number of aromatic nitrogens is 3. The number of hydrogen-bond acceptors (Lipinski definition) is 6. The normalized spacial score (nSPS) is 10.9. The van der Waals surface area contributed by atoms with Crippen molar-refractivity contribution < 1.29 is 18.7 Å². The van der Waals surface area contributed by atoms with E-state index in [2.05, 4.69) is 10.2 Å². The summed E-state index contributed by atoms with van der Waals surface area (Å²) in [4.78, 5) is 12.0. The number of rotatable bonds is 9. The average Bonchev–Trinajstić information content (AvgIpc) is 3.15. The predicted octanol–water partition coefficient (Wildman–Crippen LogP) is 4.85. The van der Waals surface area contributed by atoms with E-state index in [9.17, 15) is 9.18 Å². The molecular weight excluding hydrogens is 429 g/mol. The van der Waals surface area contributed by atoms with Crippen LogP contribution in [0.5, 0.6) is 0 Å². The van der Waals surface area contributed by atoms with Gasteiger partial charge in [-0.3, -0.25) is 0 Å². The average molecular weight is 450 g/mol. The van der Waals surface area contributed by atoms with E-state index in [4.69, 9.17) is 21.1 Å². The van der Waals surface area contributed by atoms with Crippen LogP contribution in [0.3, 0.4) is 0 Å². The van der Waals surface area contributed by atoms with Crippen LogP contribution in [-0.4, -0.2) is 41.6 Å². The van der Waals surface area contributed by atoms with Gasteiger partial charge in [-0.05, 0) is 36.2 Å². The Balaban J connectivity index is 1.89. The number of halogens is 2. The lowest BCUT2D eigenvalue weighted by Gasteiger charge is -2.12. The van der Waals surface area contributed by atoms with E-state index in [-0.39, 0.29) is 5.56 Å². The van der Waals surface area contributed by atoms with Gasteiger partial charge in [-0.25, -0.2) is 9.18 Å². The maximum absolute atomic E-state index is 13.6. The Bertz CT molecular complexity index is 1030. The fourth-order valence-electron chi connectivity index (χ4n) is 2.92. The van der Waals surface area contributed by atoms with Crippen LogP contribution in [0.15, 0.2) is 47.6 Å². The summed E-state index contributed by atoms with van der Waals surface area (Å²) in [7, 11) is 2.92. The van der Waals surface area contributed by atoms with E-state index in [0.717, 1.165) is 12.0 Å². The minimum absolute atomic E-state index is 0.196. The zero-order valence-corrected chi connectivity index (χ0v) is 18.2. The van der Waals surface area contributed by atoms with Gasteiger partial charge in [0.15, 0.2) is 11.0 Å². The third-order valence-corrected chi connectivity index (χ3v) is 5.74. The van der Waals surface area contributed by atoms with Gasteiger partial charge >= 0.3 is 5.97 Å². The summed E-state index contributed by atoms with van der Waals surface area (Å²) in [5.41, 5.74) is 1.63. The number of ether oxygens (including phenoxy) is 2. The fourth-order valence-corrected chi connectivity index (χ4v) is 4.11. The van der Waals surface area contributed by atoms with Gasteiger partial charge in [0.2, 0.25) is 0 Å². The molecular formula is C21H21ClFN3O3S. The first-order valence-electron chi connectivity index (χ1n) is 9.21. The summed E-state index contributed by atoms with van der Waals surface area (Å²) in [6, 6.07) is 11.5. The van der Waals surface area contributed by atoms with E-state index < -0.39 is 11.8 Å². The molecule has 1 aromatic heterocycles. The van der Waals surface area contributed by atoms with Crippen LogP contribution in [0.4, 0.5) is 4.39 Å². The molecule has 2 aromatic carbocycles. The second-order valence-corrected chi connectivity index (χ2v) is 7.72. The van der Waals surface area contributed by atoms with Gasteiger partial charge in [0.05, 0.1) is 17.7 Å². The molecule has 0 unspecified atom stereocenters. The molecule has 30 heavy (non-hydrogen) atoms. The molecule has 0 N–H and O–H groups in total. The highest BCUT2D eigenvalue weighted by Gasteiger charge is 2.18. The first kappa shape index (κ1) is 22.3. The van der Waals surface area contributed by atoms with Gasteiger partial charge in [-0.1, -0.05) is 41.6 Å². The lowest BCUT2D eigenvalue weighted by Crippen LogP contribution is -2.07. The fraction of sp³-hybridized carbons (Fsp3) is 0.286. The number of carbonyl (C=O) groups is 1. The van der Waals surface area contributed by atoms with E-state index in [1.807, 2.05) is 22.8 Å². The molecule has 0 radical (unpaired) electrons. The summed E-state index contributed by atoms with van der Waals surface area (Å²) >= 11 is 7.76. The topological polar surface area (TPSA) is 66.2 Å². The third kappa shape index (κ3) is 5.19. The predicted molar refractivity (Wildman–Crippen MR) is 114 cm³/mol. The Kier molecular flexibility index (Phi) is 7.84. The Morgan fingerprint density at radius 3 is 2.73 bits per heavy atom. The molecule has 3 rings (SSSR count). The standard InChI is InChI=1S/C21H21ClFN3O3S/c1-28-11-5-10-26-19(16-6-3-4-7-18(16)22)24-25-21(26)30-13-14-8-9-15(23)12-17(14)20(27)29-2/h3-4,6-9,12H,5,10-11,13H2,1-2H3. The lowest BCUT2D eigenvalue weighted by atomic mass is 10.1. The number of benzene rings is 2. The Labute approximate surface area is 183 Å². The van der Waals surface area contributed by atoms with Crippen molar-refractivity contribution in [3.05, 3.63) is 64.4 Å². The second kappa shape index (κ2) is 10.6. The maximum Gasteiger partial charge on any atom is 0.338 e. The smallest absolute Gasteiger partial charge is 0.338 e. The number of nitrogens with zero attached hydrogens (tertiary/aromatic N) is 3. The number of carbonyl (C=O) groups excluding carboxylic acids is 1. The van der Waals surface area contributed by atoms with Crippen molar-refractivity contribution in [2.75, 3.05) is 20.8 Å². The lowest BCUT2D eigenvalue weighted by molar-refractivity contribution is 0.0599. The van der Waals surface area contributed by atoms with Crippen molar-refractivity contribution in [2.24, 2.45) is 0 Å². The van der Waals surface area contributed by atoms with E-state index >= 15 is 0 Å². The summed E-state index contributed by atoms with van der Waals surface area (Å²) in [6.07, 6.45) is 0.767. The quantitative estimate of drug-likeness (QED) is 0.264. The number of methoxy groups -OCH3 is 2. The van der Waals surface area contributed by atoms with Crippen LogP contribution in [0, 0.1) is 5.82 Å². The highest BCUT2D eigenvalue weighted by Crippen LogP contribution is 2.31. The first-order chi connectivity index (χ1) is 14.5. The Morgan fingerprint density at radius 1 is 1.20 bits per heavy atom. The van der Waals surface area contributed by atoms with Gasteiger partial charge < -0.3 is 14.0 Å². The molecule has 3 aromatic rings. The highest BCUT2D eigenvalue weighted by atomic mass is 35.5. The second-order valence-electron chi connectivity index (χ2n) is 6.37. The molecule has 0 aliphatic rings. The van der Waals surface area contributed by atoms with Crippen molar-refractivity contribution in [1.29, 1.82) is 0 Å². The van der Waals surface area contributed by atoms with Crippen molar-refractivity contribution in [2.45, 2.75) is 23.9 Å². The SMILES string of the molecule is COCCCn1c(SCc2ccc(F)cc2C(=O)OC)nnc1-c1ccccc1Cl. The van der Waals surface area contributed by atoms with Gasteiger partial charge in [-0.15, -0.1) is 10.2 Å². The van der Waals surface area contributed by atoms with Gasteiger partial charge in [0.1, 0.15) is 5.82 Å². The molecule has 1 heterocycles. The highest BCUT2D eigenvalue weighted by molar-refractivity contribution is 7.98. The summed E-state index contributed by atoms with van der Waals surface area (Å²) in [6.45, 7) is 1.23. The summed E-state index contributed by atoms with van der Waals surface area (Å²) in [5, 5.41) is 9.92. The van der Waals surface area contributed by atoms with Crippen LogP contribution in [0.2, 0.25) is 5.02 Å². The Hall–Kier alpha value is -2.42. The molecule has 158 valence electrons. The van der Waals surface area contributed by atoms with Gasteiger partial charge in [0.25, 0.3) is 0 Å². The third-order valence-electron chi connectivity index (χ3n) is 4.40. The minimum atomic E-state index is -0.580.